The number of carboxylic acid groups (broad SMARTS) is 1. The van der Waals surface area contributed by atoms with Crippen LogP contribution in [0.5, 0.6) is 0 Å². The van der Waals surface area contributed by atoms with E-state index in [2.05, 4.69) is 11.8 Å². The van der Waals surface area contributed by atoms with E-state index in [0.717, 1.165) is 32.5 Å². The van der Waals surface area contributed by atoms with Crippen molar-refractivity contribution in [1.29, 1.82) is 0 Å². The van der Waals surface area contributed by atoms with E-state index in [9.17, 15) is 9.59 Å². The molecular formula is C13H24N2O3. The molecule has 0 bridgehead atoms. The monoisotopic (exact) mass is 256 g/mol. The van der Waals surface area contributed by atoms with Gasteiger partial charge in [0, 0.05) is 39.0 Å². The third kappa shape index (κ3) is 4.64. The minimum atomic E-state index is -0.832. The third-order valence-corrected chi connectivity index (χ3v) is 3.73. The van der Waals surface area contributed by atoms with Crippen LogP contribution in [0, 0.1) is 0 Å². The van der Waals surface area contributed by atoms with Crippen molar-refractivity contribution in [2.24, 2.45) is 0 Å². The fraction of sp³-hybridized carbons (Fsp3) is 0.846. The number of hydrogen-bond donors (Lipinski definition) is 1. The maximum absolute atomic E-state index is 11.9. The molecule has 104 valence electrons. The predicted octanol–water partition coefficient (Wildman–Crippen LogP) is 1.18. The third-order valence-electron chi connectivity index (χ3n) is 3.73. The van der Waals surface area contributed by atoms with E-state index in [1.54, 1.807) is 0 Å². The van der Waals surface area contributed by atoms with Crippen LogP contribution in [-0.4, -0.2) is 59.5 Å². The molecule has 1 aliphatic heterocycles. The van der Waals surface area contributed by atoms with E-state index in [4.69, 9.17) is 5.11 Å². The van der Waals surface area contributed by atoms with Crippen molar-refractivity contribution in [2.45, 2.75) is 45.1 Å². The average Bonchev–Trinajstić information content (AvgIpc) is 2.37. The predicted molar refractivity (Wildman–Crippen MR) is 69.4 cm³/mol. The van der Waals surface area contributed by atoms with Gasteiger partial charge in [-0.25, -0.2) is 0 Å². The van der Waals surface area contributed by atoms with Gasteiger partial charge in [0.05, 0.1) is 0 Å². The molecule has 1 heterocycles. The number of hydrogen-bond acceptors (Lipinski definition) is 3. The first-order chi connectivity index (χ1) is 8.54. The fourth-order valence-electron chi connectivity index (χ4n) is 2.39. The largest absolute Gasteiger partial charge is 0.481 e. The SMILES string of the molecule is CCN1CCC(N(C)C(=O)CCCC(=O)O)CC1. The second-order valence-electron chi connectivity index (χ2n) is 4.92. The van der Waals surface area contributed by atoms with E-state index in [1.165, 1.54) is 0 Å². The van der Waals surface area contributed by atoms with Gasteiger partial charge in [-0.2, -0.15) is 0 Å². The molecule has 0 unspecified atom stereocenters. The van der Waals surface area contributed by atoms with Crippen molar-refractivity contribution in [1.82, 2.24) is 9.80 Å². The number of amides is 1. The Kier molecular flexibility index (Phi) is 6.12. The van der Waals surface area contributed by atoms with Gasteiger partial charge < -0.3 is 14.9 Å². The molecule has 5 nitrogen and oxygen atoms in total. The lowest BCUT2D eigenvalue weighted by Crippen LogP contribution is -2.45. The highest BCUT2D eigenvalue weighted by molar-refractivity contribution is 5.77. The van der Waals surface area contributed by atoms with Gasteiger partial charge in [-0.1, -0.05) is 6.92 Å². The Morgan fingerprint density at radius 3 is 2.39 bits per heavy atom. The van der Waals surface area contributed by atoms with E-state index < -0.39 is 5.97 Å². The molecule has 0 spiro atoms. The van der Waals surface area contributed by atoms with Crippen LogP contribution in [0.1, 0.15) is 39.0 Å². The number of piperidine rings is 1. The minimum absolute atomic E-state index is 0.0752. The van der Waals surface area contributed by atoms with Crippen LogP contribution < -0.4 is 0 Å². The molecule has 0 atom stereocenters. The van der Waals surface area contributed by atoms with Crippen LogP contribution in [-0.2, 0) is 9.59 Å². The average molecular weight is 256 g/mol. The summed E-state index contributed by atoms with van der Waals surface area (Å²) in [5.74, 6) is -0.757. The minimum Gasteiger partial charge on any atom is -0.481 e. The zero-order valence-electron chi connectivity index (χ0n) is 11.4. The molecule has 1 fully saturated rings. The molecule has 0 radical (unpaired) electrons. The van der Waals surface area contributed by atoms with Crippen molar-refractivity contribution in [2.75, 3.05) is 26.7 Å². The van der Waals surface area contributed by atoms with Gasteiger partial charge in [0.2, 0.25) is 5.91 Å². The van der Waals surface area contributed by atoms with E-state index >= 15 is 0 Å². The van der Waals surface area contributed by atoms with Crippen LogP contribution in [0.4, 0.5) is 0 Å². The van der Waals surface area contributed by atoms with Crippen molar-refractivity contribution >= 4 is 11.9 Å². The van der Waals surface area contributed by atoms with Crippen molar-refractivity contribution in [3.63, 3.8) is 0 Å². The van der Waals surface area contributed by atoms with Gasteiger partial charge in [-0.3, -0.25) is 9.59 Å². The van der Waals surface area contributed by atoms with Gasteiger partial charge >= 0.3 is 5.97 Å². The molecule has 1 N–H and O–H groups in total. The molecule has 0 aliphatic carbocycles. The Morgan fingerprint density at radius 2 is 1.89 bits per heavy atom. The van der Waals surface area contributed by atoms with E-state index in [0.29, 0.717) is 18.9 Å². The normalized spacial score (nSPS) is 17.7. The van der Waals surface area contributed by atoms with Crippen molar-refractivity contribution in [3.8, 4) is 0 Å². The Morgan fingerprint density at radius 1 is 1.28 bits per heavy atom. The lowest BCUT2D eigenvalue weighted by atomic mass is 10.0. The number of carboxylic acids is 1. The summed E-state index contributed by atoms with van der Waals surface area (Å²) in [4.78, 5) is 26.5. The van der Waals surface area contributed by atoms with Crippen LogP contribution in [0.3, 0.4) is 0 Å². The number of carbonyl (C=O) groups excluding carboxylic acids is 1. The first-order valence-corrected chi connectivity index (χ1v) is 6.74. The molecule has 0 saturated carbocycles. The number of likely N-dealkylation sites (tertiary alicyclic amines) is 1. The molecule has 1 rings (SSSR count). The second kappa shape index (κ2) is 7.36. The maximum Gasteiger partial charge on any atom is 0.303 e. The van der Waals surface area contributed by atoms with Crippen LogP contribution in [0.15, 0.2) is 0 Å². The number of nitrogens with zero attached hydrogens (tertiary/aromatic N) is 2. The number of rotatable bonds is 6. The molecule has 1 saturated heterocycles. The van der Waals surface area contributed by atoms with Gasteiger partial charge in [0.25, 0.3) is 0 Å². The molecule has 0 aromatic heterocycles. The lowest BCUT2D eigenvalue weighted by molar-refractivity contribution is -0.137. The summed E-state index contributed by atoms with van der Waals surface area (Å²) < 4.78 is 0. The molecule has 0 aromatic carbocycles. The van der Waals surface area contributed by atoms with Crippen LogP contribution in [0.2, 0.25) is 0 Å². The Labute approximate surface area is 109 Å². The standard InChI is InChI=1S/C13H24N2O3/c1-3-15-9-7-11(8-10-15)14(2)12(16)5-4-6-13(17)18/h11H,3-10H2,1-2H3,(H,17,18). The summed E-state index contributed by atoms with van der Waals surface area (Å²) in [6.07, 6.45) is 2.90. The van der Waals surface area contributed by atoms with Gasteiger partial charge in [0.15, 0.2) is 0 Å². The summed E-state index contributed by atoms with van der Waals surface area (Å²) in [5, 5.41) is 8.54. The van der Waals surface area contributed by atoms with Gasteiger partial charge in [-0.05, 0) is 25.8 Å². The number of carbonyl (C=O) groups is 2. The molecule has 0 aromatic rings. The first kappa shape index (κ1) is 15.0. The van der Waals surface area contributed by atoms with Gasteiger partial charge in [0.1, 0.15) is 0 Å². The molecule has 1 amide bonds. The smallest absolute Gasteiger partial charge is 0.303 e. The zero-order valence-corrected chi connectivity index (χ0v) is 11.4. The highest BCUT2D eigenvalue weighted by atomic mass is 16.4. The van der Waals surface area contributed by atoms with Gasteiger partial charge in [-0.15, -0.1) is 0 Å². The summed E-state index contributed by atoms with van der Waals surface area (Å²) in [6.45, 7) is 5.33. The quantitative estimate of drug-likeness (QED) is 0.775. The highest BCUT2D eigenvalue weighted by Crippen LogP contribution is 2.16. The molecular weight excluding hydrogens is 232 g/mol. The topological polar surface area (TPSA) is 60.9 Å². The zero-order chi connectivity index (χ0) is 13.5. The number of aliphatic carboxylic acids is 1. The van der Waals surface area contributed by atoms with Crippen molar-refractivity contribution < 1.29 is 14.7 Å². The van der Waals surface area contributed by atoms with Crippen molar-refractivity contribution in [3.05, 3.63) is 0 Å². The van der Waals surface area contributed by atoms with E-state index in [1.807, 2.05) is 11.9 Å². The highest BCUT2D eigenvalue weighted by Gasteiger charge is 2.24. The fourth-order valence-corrected chi connectivity index (χ4v) is 2.39. The molecule has 18 heavy (non-hydrogen) atoms. The Hall–Kier alpha value is -1.10. The molecule has 1 aliphatic rings. The summed E-state index contributed by atoms with van der Waals surface area (Å²) in [6, 6.07) is 0.324. The molecule has 5 heteroatoms. The summed E-state index contributed by atoms with van der Waals surface area (Å²) >= 11 is 0. The van der Waals surface area contributed by atoms with Crippen LogP contribution >= 0.6 is 0 Å². The lowest BCUT2D eigenvalue weighted by Gasteiger charge is -2.36. The summed E-state index contributed by atoms with van der Waals surface area (Å²) in [5.41, 5.74) is 0. The van der Waals surface area contributed by atoms with E-state index in [-0.39, 0.29) is 12.3 Å². The first-order valence-electron chi connectivity index (χ1n) is 6.74. The Bertz CT molecular complexity index is 286. The second-order valence-corrected chi connectivity index (χ2v) is 4.92. The Balaban J connectivity index is 2.28. The summed E-state index contributed by atoms with van der Waals surface area (Å²) in [7, 11) is 1.84. The maximum atomic E-state index is 11.9. The van der Waals surface area contributed by atoms with Crippen LogP contribution in [0.25, 0.3) is 0 Å².